The van der Waals surface area contributed by atoms with Crippen LogP contribution in [0.1, 0.15) is 23.8 Å². The Labute approximate surface area is 104 Å². The van der Waals surface area contributed by atoms with Crippen molar-refractivity contribution in [2.75, 3.05) is 11.9 Å². The number of carboxylic acid groups (broad SMARTS) is 1. The number of carbonyl (C=O) groups excluding carboxylic acids is 1. The molecule has 1 fully saturated rings. The highest BCUT2D eigenvalue weighted by molar-refractivity contribution is 5.90. The van der Waals surface area contributed by atoms with E-state index >= 15 is 0 Å². The van der Waals surface area contributed by atoms with Gasteiger partial charge in [0.15, 0.2) is 0 Å². The van der Waals surface area contributed by atoms with Crippen molar-refractivity contribution in [3.05, 3.63) is 24.0 Å². The zero-order valence-electron chi connectivity index (χ0n) is 10.0. The predicted molar refractivity (Wildman–Crippen MR) is 65.5 cm³/mol. The van der Waals surface area contributed by atoms with Crippen LogP contribution in [0.2, 0.25) is 0 Å². The lowest BCUT2D eigenvalue weighted by atomic mass is 10.3. The maximum atomic E-state index is 11.5. The Morgan fingerprint density at radius 1 is 1.50 bits per heavy atom. The van der Waals surface area contributed by atoms with E-state index in [1.807, 2.05) is 0 Å². The average molecular weight is 249 g/mol. The van der Waals surface area contributed by atoms with E-state index in [0.717, 1.165) is 6.42 Å². The molecule has 6 heteroatoms. The highest BCUT2D eigenvalue weighted by Crippen LogP contribution is 2.36. The molecule has 2 atom stereocenters. The first-order valence-corrected chi connectivity index (χ1v) is 5.80. The minimum Gasteiger partial charge on any atom is -0.477 e. The summed E-state index contributed by atoms with van der Waals surface area (Å²) in [6, 6.07) is 2.57. The molecule has 1 aromatic rings. The van der Waals surface area contributed by atoms with Gasteiger partial charge in [-0.25, -0.2) is 14.6 Å². The summed E-state index contributed by atoms with van der Waals surface area (Å²) < 4.78 is 0. The van der Waals surface area contributed by atoms with E-state index in [1.54, 1.807) is 0 Å². The lowest BCUT2D eigenvalue weighted by molar-refractivity contribution is 0.0690. The van der Waals surface area contributed by atoms with Gasteiger partial charge >= 0.3 is 12.0 Å². The van der Waals surface area contributed by atoms with Gasteiger partial charge in [0.05, 0.1) is 11.9 Å². The Morgan fingerprint density at radius 3 is 2.72 bits per heavy atom. The molecule has 2 rings (SSSR count). The summed E-state index contributed by atoms with van der Waals surface area (Å²) in [5, 5.41) is 14.0. The smallest absolute Gasteiger partial charge is 0.354 e. The van der Waals surface area contributed by atoms with Crippen LogP contribution in [0.15, 0.2) is 18.3 Å². The summed E-state index contributed by atoms with van der Waals surface area (Å²) in [7, 11) is 0. The largest absolute Gasteiger partial charge is 0.477 e. The molecule has 2 amide bonds. The Kier molecular flexibility index (Phi) is 3.45. The highest BCUT2D eigenvalue weighted by Gasteiger charge is 2.32. The van der Waals surface area contributed by atoms with Crippen LogP contribution in [-0.2, 0) is 0 Å². The van der Waals surface area contributed by atoms with Crippen molar-refractivity contribution < 1.29 is 14.7 Å². The van der Waals surface area contributed by atoms with E-state index < -0.39 is 5.97 Å². The number of amides is 2. The van der Waals surface area contributed by atoms with E-state index in [0.29, 0.717) is 24.1 Å². The van der Waals surface area contributed by atoms with Crippen LogP contribution in [0.5, 0.6) is 0 Å². The van der Waals surface area contributed by atoms with Gasteiger partial charge in [0.2, 0.25) is 0 Å². The number of hydrogen-bond acceptors (Lipinski definition) is 3. The number of carboxylic acids is 1. The molecule has 6 nitrogen and oxygen atoms in total. The fourth-order valence-electron chi connectivity index (χ4n) is 1.68. The second-order valence-electron chi connectivity index (χ2n) is 4.55. The Balaban J connectivity index is 1.81. The van der Waals surface area contributed by atoms with Gasteiger partial charge in [0.25, 0.3) is 0 Å². The topological polar surface area (TPSA) is 91.3 Å². The van der Waals surface area contributed by atoms with Gasteiger partial charge in [-0.2, -0.15) is 0 Å². The summed E-state index contributed by atoms with van der Waals surface area (Å²) in [6.07, 6.45) is 2.48. The third-order valence-electron chi connectivity index (χ3n) is 3.04. The molecule has 96 valence electrons. The van der Waals surface area contributed by atoms with Crippen molar-refractivity contribution in [3.63, 3.8) is 0 Å². The molecule has 1 aliphatic rings. The first kappa shape index (κ1) is 12.3. The Morgan fingerprint density at radius 2 is 2.22 bits per heavy atom. The van der Waals surface area contributed by atoms with Crippen molar-refractivity contribution in [1.82, 2.24) is 10.3 Å². The number of aromatic carboxylic acids is 1. The van der Waals surface area contributed by atoms with Crippen molar-refractivity contribution in [2.24, 2.45) is 11.8 Å². The van der Waals surface area contributed by atoms with Gasteiger partial charge in [-0.1, -0.05) is 6.92 Å². The van der Waals surface area contributed by atoms with Crippen molar-refractivity contribution >= 4 is 17.7 Å². The van der Waals surface area contributed by atoms with E-state index in [2.05, 4.69) is 22.5 Å². The molecule has 1 saturated carbocycles. The molecule has 0 spiro atoms. The number of nitrogens with one attached hydrogen (secondary N) is 2. The number of urea groups is 1. The lowest BCUT2D eigenvalue weighted by Gasteiger charge is -2.06. The maximum absolute atomic E-state index is 11.5. The van der Waals surface area contributed by atoms with Crippen LogP contribution in [0.4, 0.5) is 10.5 Å². The van der Waals surface area contributed by atoms with Crippen LogP contribution < -0.4 is 10.6 Å². The SMILES string of the molecule is CC1CC1CNC(=O)Nc1ccc(C(=O)O)nc1. The number of rotatable bonds is 4. The summed E-state index contributed by atoms with van der Waals surface area (Å²) in [4.78, 5) is 25.8. The quantitative estimate of drug-likeness (QED) is 0.755. The van der Waals surface area contributed by atoms with Gasteiger partial charge in [-0.3, -0.25) is 0 Å². The minimum atomic E-state index is -1.09. The molecule has 1 heterocycles. The van der Waals surface area contributed by atoms with Gasteiger partial charge in [-0.15, -0.1) is 0 Å². The van der Waals surface area contributed by atoms with Crippen LogP contribution in [0.25, 0.3) is 0 Å². The average Bonchev–Trinajstić information content (AvgIpc) is 3.03. The minimum absolute atomic E-state index is 0.0484. The summed E-state index contributed by atoms with van der Waals surface area (Å²) in [5.41, 5.74) is 0.425. The fraction of sp³-hybridized carbons (Fsp3) is 0.417. The number of carbonyl (C=O) groups is 2. The van der Waals surface area contributed by atoms with E-state index in [9.17, 15) is 9.59 Å². The number of pyridine rings is 1. The zero-order valence-corrected chi connectivity index (χ0v) is 10.0. The third kappa shape index (κ3) is 3.19. The molecule has 0 saturated heterocycles. The first-order chi connectivity index (χ1) is 8.56. The molecule has 0 aromatic carbocycles. The molecule has 3 N–H and O–H groups in total. The molecular weight excluding hydrogens is 234 g/mol. The van der Waals surface area contributed by atoms with Gasteiger partial charge in [0, 0.05) is 6.54 Å². The van der Waals surface area contributed by atoms with Crippen LogP contribution in [0.3, 0.4) is 0 Å². The molecule has 0 aliphatic heterocycles. The van der Waals surface area contributed by atoms with E-state index in [4.69, 9.17) is 5.11 Å². The van der Waals surface area contributed by atoms with Crippen molar-refractivity contribution in [1.29, 1.82) is 0 Å². The third-order valence-corrected chi connectivity index (χ3v) is 3.04. The van der Waals surface area contributed by atoms with Crippen LogP contribution in [0, 0.1) is 11.8 Å². The summed E-state index contributed by atoms with van der Waals surface area (Å²) >= 11 is 0. The number of aromatic nitrogens is 1. The fourth-order valence-corrected chi connectivity index (χ4v) is 1.68. The van der Waals surface area contributed by atoms with Crippen LogP contribution >= 0.6 is 0 Å². The standard InChI is InChI=1S/C12H15N3O3/c1-7-4-8(7)5-14-12(18)15-9-2-3-10(11(16)17)13-6-9/h2-3,6-8H,4-5H2,1H3,(H,16,17)(H2,14,15,18). The normalized spacial score (nSPS) is 21.2. The molecule has 2 unspecified atom stereocenters. The maximum Gasteiger partial charge on any atom is 0.354 e. The Bertz CT molecular complexity index is 458. The predicted octanol–water partition coefficient (Wildman–Crippen LogP) is 1.56. The zero-order chi connectivity index (χ0) is 13.1. The lowest BCUT2D eigenvalue weighted by Crippen LogP contribution is -2.30. The monoisotopic (exact) mass is 249 g/mol. The van der Waals surface area contributed by atoms with Gasteiger partial charge in [-0.05, 0) is 30.4 Å². The van der Waals surface area contributed by atoms with E-state index in [-0.39, 0.29) is 11.7 Å². The molecule has 0 bridgehead atoms. The van der Waals surface area contributed by atoms with Gasteiger partial charge < -0.3 is 15.7 Å². The second kappa shape index (κ2) is 5.03. The summed E-state index contributed by atoms with van der Waals surface area (Å²) in [5.74, 6) is 0.193. The molecule has 0 radical (unpaired) electrons. The van der Waals surface area contributed by atoms with E-state index in [1.165, 1.54) is 18.3 Å². The molecule has 18 heavy (non-hydrogen) atoms. The number of anilines is 1. The van der Waals surface area contributed by atoms with Crippen molar-refractivity contribution in [3.8, 4) is 0 Å². The van der Waals surface area contributed by atoms with Crippen LogP contribution in [-0.4, -0.2) is 28.6 Å². The Hall–Kier alpha value is -2.11. The first-order valence-electron chi connectivity index (χ1n) is 5.80. The molecular formula is C12H15N3O3. The van der Waals surface area contributed by atoms with Crippen molar-refractivity contribution in [2.45, 2.75) is 13.3 Å². The molecule has 1 aliphatic carbocycles. The summed E-state index contributed by atoms with van der Waals surface area (Å²) in [6.45, 7) is 2.83. The molecule has 1 aromatic heterocycles. The highest BCUT2D eigenvalue weighted by atomic mass is 16.4. The number of hydrogen-bond donors (Lipinski definition) is 3. The number of nitrogens with zero attached hydrogens (tertiary/aromatic N) is 1. The van der Waals surface area contributed by atoms with Gasteiger partial charge in [0.1, 0.15) is 5.69 Å². The second-order valence-corrected chi connectivity index (χ2v) is 4.55.